The molecule has 0 fully saturated rings. The van der Waals surface area contributed by atoms with Gasteiger partial charge in [0.1, 0.15) is 0 Å². The van der Waals surface area contributed by atoms with Crippen molar-refractivity contribution in [3.63, 3.8) is 0 Å². The zero-order valence-electron chi connectivity index (χ0n) is 14.1. The van der Waals surface area contributed by atoms with Crippen LogP contribution in [0.4, 0.5) is 5.82 Å². The van der Waals surface area contributed by atoms with Gasteiger partial charge in [-0.15, -0.1) is 0 Å². The number of rotatable bonds is 5. The smallest absolute Gasteiger partial charge is 0.260 e. The van der Waals surface area contributed by atoms with Gasteiger partial charge in [0.25, 0.3) is 5.91 Å². The van der Waals surface area contributed by atoms with Gasteiger partial charge in [0.15, 0.2) is 5.82 Å². The van der Waals surface area contributed by atoms with E-state index in [4.69, 9.17) is 23.2 Å². The molecule has 9 heteroatoms. The van der Waals surface area contributed by atoms with E-state index in [9.17, 15) is 4.79 Å². The molecule has 3 aromatic rings. The van der Waals surface area contributed by atoms with E-state index in [0.29, 0.717) is 44.7 Å². The fraction of sp³-hybridized carbons (Fsp3) is 0.235. The second-order valence-corrected chi connectivity index (χ2v) is 7.39. The molecule has 1 N–H and O–H groups in total. The van der Waals surface area contributed by atoms with E-state index < -0.39 is 0 Å². The molecular weight excluding hydrogens is 441 g/mol. The van der Waals surface area contributed by atoms with E-state index in [0.717, 1.165) is 5.56 Å². The number of nitrogens with one attached hydrogen (secondary N) is 1. The highest BCUT2D eigenvalue weighted by Crippen LogP contribution is 2.25. The Bertz CT molecular complexity index is 966. The minimum atomic E-state index is -0.252. The fourth-order valence-corrected chi connectivity index (χ4v) is 3.35. The number of carbonyl (C=O) groups is 1. The van der Waals surface area contributed by atoms with Gasteiger partial charge >= 0.3 is 0 Å². The highest BCUT2D eigenvalue weighted by molar-refractivity contribution is 9.10. The number of hydrogen-bond acceptors (Lipinski definition) is 3. The zero-order chi connectivity index (χ0) is 18.8. The molecule has 6 nitrogen and oxygen atoms in total. The number of nitrogens with zero attached hydrogens (tertiary/aromatic N) is 4. The number of benzene rings is 1. The van der Waals surface area contributed by atoms with Gasteiger partial charge in [-0.1, -0.05) is 29.3 Å². The number of hydrogen-bond donors (Lipinski definition) is 1. The SMILES string of the molecule is CCn1cc(C(=O)Nc2nn(Cc3ccc(Cl)cc3Cl)cc2Br)c(C)n1. The average Bonchev–Trinajstić information content (AvgIpc) is 3.13. The molecule has 0 radical (unpaired) electrons. The summed E-state index contributed by atoms with van der Waals surface area (Å²) < 4.78 is 4.09. The molecule has 0 aliphatic carbocycles. The highest BCUT2D eigenvalue weighted by atomic mass is 79.9. The number of carbonyl (C=O) groups excluding carboxylic acids is 1. The maximum Gasteiger partial charge on any atom is 0.260 e. The van der Waals surface area contributed by atoms with Crippen LogP contribution in [0.15, 0.2) is 35.1 Å². The molecular formula is C17H16BrCl2N5O. The Morgan fingerprint density at radius 2 is 2.00 bits per heavy atom. The average molecular weight is 457 g/mol. The van der Waals surface area contributed by atoms with Crippen LogP contribution in [0.3, 0.4) is 0 Å². The lowest BCUT2D eigenvalue weighted by molar-refractivity contribution is 0.102. The molecule has 0 aliphatic heterocycles. The Hall–Kier alpha value is -1.83. The molecule has 1 amide bonds. The van der Waals surface area contributed by atoms with Crippen molar-refractivity contribution >= 4 is 50.9 Å². The summed E-state index contributed by atoms with van der Waals surface area (Å²) in [6, 6.07) is 5.31. The van der Waals surface area contributed by atoms with Crippen LogP contribution < -0.4 is 5.32 Å². The van der Waals surface area contributed by atoms with Crippen molar-refractivity contribution in [1.29, 1.82) is 0 Å². The van der Waals surface area contributed by atoms with Crippen molar-refractivity contribution in [3.8, 4) is 0 Å². The molecule has 26 heavy (non-hydrogen) atoms. The van der Waals surface area contributed by atoms with Crippen LogP contribution in [-0.2, 0) is 13.1 Å². The third-order valence-corrected chi connectivity index (χ3v) is 4.98. The van der Waals surface area contributed by atoms with Crippen LogP contribution in [0.25, 0.3) is 0 Å². The Morgan fingerprint density at radius 1 is 1.23 bits per heavy atom. The van der Waals surface area contributed by atoms with Crippen molar-refractivity contribution in [1.82, 2.24) is 19.6 Å². The van der Waals surface area contributed by atoms with Crippen LogP contribution in [-0.4, -0.2) is 25.5 Å². The minimum absolute atomic E-state index is 0.252. The monoisotopic (exact) mass is 455 g/mol. The van der Waals surface area contributed by atoms with Gasteiger partial charge in [-0.25, -0.2) is 0 Å². The maximum absolute atomic E-state index is 12.5. The lowest BCUT2D eigenvalue weighted by Gasteiger charge is -2.05. The first-order valence-electron chi connectivity index (χ1n) is 7.89. The molecule has 136 valence electrons. The second kappa shape index (κ2) is 7.82. The molecule has 2 aromatic heterocycles. The number of amides is 1. The van der Waals surface area contributed by atoms with Gasteiger partial charge in [-0.3, -0.25) is 14.2 Å². The number of aryl methyl sites for hydroxylation is 2. The van der Waals surface area contributed by atoms with Gasteiger partial charge in [-0.2, -0.15) is 10.2 Å². The maximum atomic E-state index is 12.5. The summed E-state index contributed by atoms with van der Waals surface area (Å²) >= 11 is 15.6. The number of halogens is 3. The summed E-state index contributed by atoms with van der Waals surface area (Å²) in [6.07, 6.45) is 3.51. The van der Waals surface area contributed by atoms with E-state index in [1.807, 2.05) is 13.0 Å². The van der Waals surface area contributed by atoms with Gasteiger partial charge < -0.3 is 5.32 Å². The molecule has 2 heterocycles. The first kappa shape index (κ1) is 18.9. The van der Waals surface area contributed by atoms with E-state index in [2.05, 4.69) is 31.4 Å². The standard InChI is InChI=1S/C17H16BrCl2N5O/c1-3-24-8-13(10(2)22-24)17(26)21-16-14(18)9-25(23-16)7-11-4-5-12(19)6-15(11)20/h4-6,8-9H,3,7H2,1-2H3,(H,21,23,26). The van der Waals surface area contributed by atoms with Gasteiger partial charge in [-0.05, 0) is 47.5 Å². The molecule has 0 saturated heterocycles. The summed E-state index contributed by atoms with van der Waals surface area (Å²) in [4.78, 5) is 12.5. The van der Waals surface area contributed by atoms with Gasteiger partial charge in [0.05, 0.1) is 22.3 Å². The van der Waals surface area contributed by atoms with E-state index >= 15 is 0 Å². The lowest BCUT2D eigenvalue weighted by atomic mass is 10.2. The van der Waals surface area contributed by atoms with Crippen LogP contribution in [0.1, 0.15) is 28.5 Å². The Kier molecular flexibility index (Phi) is 5.70. The summed E-state index contributed by atoms with van der Waals surface area (Å²) in [5, 5.41) is 12.7. The van der Waals surface area contributed by atoms with Crippen LogP contribution in [0, 0.1) is 6.92 Å². The summed E-state index contributed by atoms with van der Waals surface area (Å²) in [5.41, 5.74) is 2.07. The molecule has 0 aliphatic rings. The predicted octanol–water partition coefficient (Wildman–Crippen LogP) is 4.78. The van der Waals surface area contributed by atoms with Crippen molar-refractivity contribution in [2.24, 2.45) is 0 Å². The summed E-state index contributed by atoms with van der Waals surface area (Å²) in [5.74, 6) is 0.182. The molecule has 3 rings (SSSR count). The largest absolute Gasteiger partial charge is 0.304 e. The number of aromatic nitrogens is 4. The van der Waals surface area contributed by atoms with Gasteiger partial charge in [0.2, 0.25) is 0 Å². The molecule has 0 saturated carbocycles. The fourth-order valence-electron chi connectivity index (χ4n) is 2.46. The first-order valence-corrected chi connectivity index (χ1v) is 9.44. The van der Waals surface area contributed by atoms with Crippen LogP contribution in [0.5, 0.6) is 0 Å². The third-order valence-electron chi connectivity index (χ3n) is 3.81. The second-order valence-electron chi connectivity index (χ2n) is 5.70. The van der Waals surface area contributed by atoms with Crippen molar-refractivity contribution in [3.05, 3.63) is 61.9 Å². The molecule has 0 atom stereocenters. The third kappa shape index (κ3) is 4.11. The predicted molar refractivity (Wildman–Crippen MR) is 106 cm³/mol. The Morgan fingerprint density at radius 3 is 2.65 bits per heavy atom. The first-order chi connectivity index (χ1) is 12.4. The van der Waals surface area contributed by atoms with E-state index in [1.54, 1.807) is 40.8 Å². The molecule has 1 aromatic carbocycles. The normalized spacial score (nSPS) is 11.0. The Labute approximate surface area is 169 Å². The van der Waals surface area contributed by atoms with Crippen LogP contribution in [0.2, 0.25) is 10.0 Å². The minimum Gasteiger partial charge on any atom is -0.304 e. The van der Waals surface area contributed by atoms with Crippen LogP contribution >= 0.6 is 39.1 Å². The quantitative estimate of drug-likeness (QED) is 0.600. The molecule has 0 spiro atoms. The van der Waals surface area contributed by atoms with E-state index in [-0.39, 0.29) is 5.91 Å². The van der Waals surface area contributed by atoms with Gasteiger partial charge in [0, 0.05) is 29.0 Å². The van der Waals surface area contributed by atoms with Crippen molar-refractivity contribution in [2.45, 2.75) is 26.9 Å². The topological polar surface area (TPSA) is 64.7 Å². The highest BCUT2D eigenvalue weighted by Gasteiger charge is 2.17. The number of anilines is 1. The lowest BCUT2D eigenvalue weighted by Crippen LogP contribution is -2.13. The van der Waals surface area contributed by atoms with Crippen molar-refractivity contribution in [2.75, 3.05) is 5.32 Å². The Balaban J connectivity index is 1.77. The molecule has 0 unspecified atom stereocenters. The molecule has 0 bridgehead atoms. The van der Waals surface area contributed by atoms with Crippen molar-refractivity contribution < 1.29 is 4.79 Å². The summed E-state index contributed by atoms with van der Waals surface area (Å²) in [7, 11) is 0. The van der Waals surface area contributed by atoms with E-state index in [1.165, 1.54) is 0 Å². The summed E-state index contributed by atoms with van der Waals surface area (Å²) in [6.45, 7) is 4.93. The zero-order valence-corrected chi connectivity index (χ0v) is 17.2.